The zero-order valence-corrected chi connectivity index (χ0v) is 12.9. The molecule has 3 nitrogen and oxygen atoms in total. The Morgan fingerprint density at radius 2 is 1.95 bits per heavy atom. The number of hydrogen-bond acceptors (Lipinski definition) is 2. The van der Waals surface area contributed by atoms with Crippen molar-refractivity contribution in [2.45, 2.75) is 26.7 Å². The highest BCUT2D eigenvalue weighted by molar-refractivity contribution is 5.91. The van der Waals surface area contributed by atoms with Gasteiger partial charge in [-0.25, -0.2) is 4.39 Å². The molecule has 4 heteroatoms. The number of rotatable bonds is 6. The van der Waals surface area contributed by atoms with Gasteiger partial charge in [0.15, 0.2) is 0 Å². The van der Waals surface area contributed by atoms with Gasteiger partial charge in [-0.1, -0.05) is 31.2 Å². The third kappa shape index (κ3) is 4.32. The first-order chi connectivity index (χ1) is 10.6. The first-order valence-electron chi connectivity index (χ1n) is 7.48. The van der Waals surface area contributed by atoms with Gasteiger partial charge in [-0.2, -0.15) is 0 Å². The van der Waals surface area contributed by atoms with Crippen molar-refractivity contribution in [2.24, 2.45) is 0 Å². The van der Waals surface area contributed by atoms with Crippen molar-refractivity contribution in [1.29, 1.82) is 0 Å². The van der Waals surface area contributed by atoms with Gasteiger partial charge in [-0.15, -0.1) is 0 Å². The fourth-order valence-corrected chi connectivity index (χ4v) is 2.37. The minimum atomic E-state index is -0.358. The molecule has 116 valence electrons. The molecule has 0 atom stereocenters. The molecule has 0 spiro atoms. The molecule has 0 radical (unpaired) electrons. The number of carbonyl (C=O) groups excluding carboxylic acids is 1. The number of hydrogen-bond donors (Lipinski definition) is 2. The zero-order valence-electron chi connectivity index (χ0n) is 12.9. The molecule has 2 rings (SSSR count). The second-order valence-corrected chi connectivity index (χ2v) is 5.20. The molecule has 0 aromatic heterocycles. The number of nitrogens with one attached hydrogen (secondary N) is 2. The molecule has 0 aliphatic rings. The van der Waals surface area contributed by atoms with Crippen LogP contribution in [0.15, 0.2) is 42.5 Å². The van der Waals surface area contributed by atoms with Gasteiger partial charge in [0.25, 0.3) is 0 Å². The van der Waals surface area contributed by atoms with Crippen molar-refractivity contribution < 1.29 is 9.18 Å². The van der Waals surface area contributed by atoms with Crippen LogP contribution in [0, 0.1) is 12.7 Å². The Morgan fingerprint density at radius 1 is 1.18 bits per heavy atom. The molecular weight excluding hydrogens is 279 g/mol. The minimum absolute atomic E-state index is 0.135. The lowest BCUT2D eigenvalue weighted by molar-refractivity contribution is -0.115. The molecular formula is C18H21FN2O. The predicted octanol–water partition coefficient (Wildman–Crippen LogP) is 4.14. The summed E-state index contributed by atoms with van der Waals surface area (Å²) < 4.78 is 13.1. The summed E-state index contributed by atoms with van der Waals surface area (Å²) in [6.45, 7) is 4.70. The van der Waals surface area contributed by atoms with E-state index >= 15 is 0 Å². The first-order valence-corrected chi connectivity index (χ1v) is 7.48. The maximum Gasteiger partial charge on any atom is 0.226 e. The van der Waals surface area contributed by atoms with Gasteiger partial charge >= 0.3 is 0 Å². The van der Waals surface area contributed by atoms with Crippen LogP contribution in [0.25, 0.3) is 0 Å². The SMILES string of the molecule is CCc1cccc(C)c1NCCC(=O)Nc1cccc(F)c1. The van der Waals surface area contributed by atoms with Crippen LogP contribution >= 0.6 is 0 Å². The van der Waals surface area contributed by atoms with Crippen LogP contribution in [0.5, 0.6) is 0 Å². The molecule has 2 aromatic rings. The van der Waals surface area contributed by atoms with Crippen LogP contribution in [0.2, 0.25) is 0 Å². The van der Waals surface area contributed by atoms with Crippen molar-refractivity contribution in [2.75, 3.05) is 17.2 Å². The number of aryl methyl sites for hydroxylation is 2. The molecule has 0 aliphatic carbocycles. The summed E-state index contributed by atoms with van der Waals surface area (Å²) in [4.78, 5) is 11.9. The molecule has 0 heterocycles. The van der Waals surface area contributed by atoms with E-state index in [9.17, 15) is 9.18 Å². The van der Waals surface area contributed by atoms with Crippen LogP contribution < -0.4 is 10.6 Å². The maximum atomic E-state index is 13.1. The Hall–Kier alpha value is -2.36. The Labute approximate surface area is 130 Å². The topological polar surface area (TPSA) is 41.1 Å². The van der Waals surface area contributed by atoms with Gasteiger partial charge < -0.3 is 10.6 Å². The standard InChI is InChI=1S/C18H21FN2O/c1-3-14-7-4-6-13(2)18(14)20-11-10-17(22)21-16-9-5-8-15(19)12-16/h4-9,12,20H,3,10-11H2,1-2H3,(H,21,22). The molecule has 22 heavy (non-hydrogen) atoms. The normalized spacial score (nSPS) is 10.3. The summed E-state index contributed by atoms with van der Waals surface area (Å²) in [5.41, 5.74) is 3.99. The van der Waals surface area contributed by atoms with E-state index in [0.717, 1.165) is 12.1 Å². The first kappa shape index (κ1) is 16.0. The van der Waals surface area contributed by atoms with Crippen molar-refractivity contribution in [3.63, 3.8) is 0 Å². The monoisotopic (exact) mass is 300 g/mol. The fraction of sp³-hybridized carbons (Fsp3) is 0.278. The van der Waals surface area contributed by atoms with E-state index in [0.29, 0.717) is 18.7 Å². The molecule has 0 saturated heterocycles. The van der Waals surface area contributed by atoms with Gasteiger partial charge in [-0.05, 0) is 42.7 Å². The highest BCUT2D eigenvalue weighted by Gasteiger charge is 2.06. The average Bonchev–Trinajstić information content (AvgIpc) is 2.48. The van der Waals surface area contributed by atoms with Gasteiger partial charge in [0.1, 0.15) is 5.82 Å². The Balaban J connectivity index is 1.87. The third-order valence-electron chi connectivity index (χ3n) is 3.50. The van der Waals surface area contributed by atoms with E-state index < -0.39 is 0 Å². The molecule has 1 amide bonds. The Kier molecular flexibility index (Phi) is 5.53. The Bertz CT molecular complexity index is 655. The molecule has 0 saturated carbocycles. The van der Waals surface area contributed by atoms with E-state index in [1.165, 1.54) is 23.3 Å². The number of para-hydroxylation sites is 1. The second-order valence-electron chi connectivity index (χ2n) is 5.20. The van der Waals surface area contributed by atoms with E-state index in [-0.39, 0.29) is 11.7 Å². The third-order valence-corrected chi connectivity index (χ3v) is 3.50. The number of benzene rings is 2. The highest BCUT2D eigenvalue weighted by Crippen LogP contribution is 2.20. The van der Waals surface area contributed by atoms with Gasteiger partial charge in [0.05, 0.1) is 0 Å². The molecule has 0 unspecified atom stereocenters. The van der Waals surface area contributed by atoms with E-state index in [1.54, 1.807) is 12.1 Å². The van der Waals surface area contributed by atoms with Crippen molar-refractivity contribution in [1.82, 2.24) is 0 Å². The summed E-state index contributed by atoms with van der Waals surface area (Å²) in [5, 5.41) is 6.02. The lowest BCUT2D eigenvalue weighted by Gasteiger charge is -2.14. The number of amides is 1. The molecule has 0 fully saturated rings. The Morgan fingerprint density at radius 3 is 2.68 bits per heavy atom. The predicted molar refractivity (Wildman–Crippen MR) is 88.7 cm³/mol. The quantitative estimate of drug-likeness (QED) is 0.842. The van der Waals surface area contributed by atoms with Crippen molar-refractivity contribution in [3.8, 4) is 0 Å². The van der Waals surface area contributed by atoms with E-state index in [4.69, 9.17) is 0 Å². The average molecular weight is 300 g/mol. The van der Waals surface area contributed by atoms with Crippen LogP contribution in [-0.4, -0.2) is 12.5 Å². The van der Waals surface area contributed by atoms with Gasteiger partial charge in [-0.3, -0.25) is 4.79 Å². The smallest absolute Gasteiger partial charge is 0.226 e. The lowest BCUT2D eigenvalue weighted by Crippen LogP contribution is -2.17. The zero-order chi connectivity index (χ0) is 15.9. The minimum Gasteiger partial charge on any atom is -0.384 e. The highest BCUT2D eigenvalue weighted by atomic mass is 19.1. The molecule has 2 aromatic carbocycles. The molecule has 0 bridgehead atoms. The van der Waals surface area contributed by atoms with Crippen LogP contribution in [-0.2, 0) is 11.2 Å². The largest absolute Gasteiger partial charge is 0.384 e. The lowest BCUT2D eigenvalue weighted by atomic mass is 10.1. The van der Waals surface area contributed by atoms with E-state index in [2.05, 4.69) is 23.6 Å². The molecule has 2 N–H and O–H groups in total. The summed E-state index contributed by atoms with van der Waals surface area (Å²) in [6.07, 6.45) is 1.27. The number of halogens is 1. The summed E-state index contributed by atoms with van der Waals surface area (Å²) in [5.74, 6) is -0.492. The summed E-state index contributed by atoms with van der Waals surface area (Å²) >= 11 is 0. The number of carbonyl (C=O) groups is 1. The van der Waals surface area contributed by atoms with E-state index in [1.807, 2.05) is 19.1 Å². The second kappa shape index (κ2) is 7.59. The molecule has 0 aliphatic heterocycles. The van der Waals surface area contributed by atoms with Crippen LogP contribution in [0.3, 0.4) is 0 Å². The number of anilines is 2. The maximum absolute atomic E-state index is 13.1. The van der Waals surface area contributed by atoms with Gasteiger partial charge in [0, 0.05) is 24.3 Å². The van der Waals surface area contributed by atoms with Gasteiger partial charge in [0.2, 0.25) is 5.91 Å². The van der Waals surface area contributed by atoms with Crippen molar-refractivity contribution in [3.05, 3.63) is 59.4 Å². The summed E-state index contributed by atoms with van der Waals surface area (Å²) in [6, 6.07) is 12.1. The van der Waals surface area contributed by atoms with Crippen molar-refractivity contribution >= 4 is 17.3 Å². The van der Waals surface area contributed by atoms with Crippen LogP contribution in [0.1, 0.15) is 24.5 Å². The fourth-order valence-electron chi connectivity index (χ4n) is 2.37. The summed E-state index contributed by atoms with van der Waals surface area (Å²) in [7, 11) is 0. The van der Waals surface area contributed by atoms with Crippen LogP contribution in [0.4, 0.5) is 15.8 Å².